The van der Waals surface area contributed by atoms with Crippen LogP contribution >= 0.6 is 11.3 Å². The molecule has 17 heavy (non-hydrogen) atoms. The second-order valence-electron chi connectivity index (χ2n) is 3.62. The third-order valence-electron chi connectivity index (χ3n) is 2.39. The molecule has 2 aromatic heterocycles. The van der Waals surface area contributed by atoms with Gasteiger partial charge in [0.05, 0.1) is 28.2 Å². The number of hydrogen-bond acceptors (Lipinski definition) is 4. The predicted molar refractivity (Wildman–Crippen MR) is 66.3 cm³/mol. The molecule has 0 aliphatic heterocycles. The SMILES string of the molecule is CCCc1nc(-c2cscn2)ccc1C(=O)O. The van der Waals surface area contributed by atoms with Gasteiger partial charge in [-0.25, -0.2) is 9.78 Å². The van der Waals surface area contributed by atoms with E-state index in [1.807, 2.05) is 12.3 Å². The van der Waals surface area contributed by atoms with E-state index < -0.39 is 5.97 Å². The Morgan fingerprint density at radius 2 is 2.24 bits per heavy atom. The Kier molecular flexibility index (Phi) is 3.49. The highest BCUT2D eigenvalue weighted by atomic mass is 32.1. The molecule has 1 N–H and O–H groups in total. The summed E-state index contributed by atoms with van der Waals surface area (Å²) in [6.45, 7) is 2.00. The van der Waals surface area contributed by atoms with Gasteiger partial charge in [0.25, 0.3) is 0 Å². The summed E-state index contributed by atoms with van der Waals surface area (Å²) in [5, 5.41) is 11.0. The normalized spacial score (nSPS) is 10.4. The van der Waals surface area contributed by atoms with Gasteiger partial charge in [0.1, 0.15) is 0 Å². The van der Waals surface area contributed by atoms with Crippen molar-refractivity contribution in [2.75, 3.05) is 0 Å². The maximum atomic E-state index is 11.0. The molecule has 2 heterocycles. The summed E-state index contributed by atoms with van der Waals surface area (Å²) >= 11 is 1.50. The quantitative estimate of drug-likeness (QED) is 0.903. The zero-order chi connectivity index (χ0) is 12.3. The number of carboxylic acids is 1. The lowest BCUT2D eigenvalue weighted by molar-refractivity contribution is 0.0695. The molecule has 0 radical (unpaired) electrons. The number of aryl methyl sites for hydroxylation is 1. The van der Waals surface area contributed by atoms with Gasteiger partial charge in [-0.05, 0) is 18.6 Å². The van der Waals surface area contributed by atoms with E-state index in [2.05, 4.69) is 9.97 Å². The minimum Gasteiger partial charge on any atom is -0.478 e. The Morgan fingerprint density at radius 1 is 1.41 bits per heavy atom. The van der Waals surface area contributed by atoms with Gasteiger partial charge in [0.15, 0.2) is 0 Å². The molecule has 0 aliphatic rings. The van der Waals surface area contributed by atoms with Crippen LogP contribution < -0.4 is 0 Å². The molecule has 2 aromatic rings. The van der Waals surface area contributed by atoms with Crippen LogP contribution in [0.4, 0.5) is 0 Å². The second-order valence-corrected chi connectivity index (χ2v) is 4.34. The Labute approximate surface area is 103 Å². The monoisotopic (exact) mass is 248 g/mol. The van der Waals surface area contributed by atoms with Gasteiger partial charge in [-0.1, -0.05) is 13.3 Å². The van der Waals surface area contributed by atoms with Crippen molar-refractivity contribution in [2.24, 2.45) is 0 Å². The van der Waals surface area contributed by atoms with E-state index in [4.69, 9.17) is 5.11 Å². The van der Waals surface area contributed by atoms with E-state index in [9.17, 15) is 4.79 Å². The second kappa shape index (κ2) is 5.05. The summed E-state index contributed by atoms with van der Waals surface area (Å²) in [6.07, 6.45) is 1.54. The van der Waals surface area contributed by atoms with Crippen molar-refractivity contribution in [2.45, 2.75) is 19.8 Å². The highest BCUT2D eigenvalue weighted by molar-refractivity contribution is 7.07. The minimum absolute atomic E-state index is 0.283. The summed E-state index contributed by atoms with van der Waals surface area (Å²) in [5.74, 6) is -0.925. The minimum atomic E-state index is -0.925. The summed E-state index contributed by atoms with van der Waals surface area (Å²) < 4.78 is 0. The van der Waals surface area contributed by atoms with Crippen LogP contribution in [0.5, 0.6) is 0 Å². The molecule has 88 valence electrons. The first kappa shape index (κ1) is 11.7. The first-order chi connectivity index (χ1) is 8.22. The molecular weight excluding hydrogens is 236 g/mol. The number of thiazole rings is 1. The number of nitrogens with zero attached hydrogens (tertiary/aromatic N) is 2. The average Bonchev–Trinajstić information content (AvgIpc) is 2.82. The first-order valence-electron chi connectivity index (χ1n) is 5.34. The lowest BCUT2D eigenvalue weighted by Crippen LogP contribution is -2.05. The summed E-state index contributed by atoms with van der Waals surface area (Å²) in [4.78, 5) is 19.6. The predicted octanol–water partition coefficient (Wildman–Crippen LogP) is 2.86. The van der Waals surface area contributed by atoms with Gasteiger partial charge in [-0.15, -0.1) is 11.3 Å². The average molecular weight is 248 g/mol. The van der Waals surface area contributed by atoms with Crippen molar-refractivity contribution in [1.82, 2.24) is 9.97 Å². The summed E-state index contributed by atoms with van der Waals surface area (Å²) in [6, 6.07) is 3.31. The van der Waals surface area contributed by atoms with Crippen molar-refractivity contribution in [1.29, 1.82) is 0 Å². The van der Waals surface area contributed by atoms with Gasteiger partial charge in [-0.2, -0.15) is 0 Å². The fraction of sp³-hybridized carbons (Fsp3) is 0.250. The molecule has 4 nitrogen and oxygen atoms in total. The summed E-state index contributed by atoms with van der Waals surface area (Å²) in [5.41, 5.74) is 4.18. The maximum Gasteiger partial charge on any atom is 0.337 e. The molecular formula is C12H12N2O2S. The van der Waals surface area contributed by atoms with Crippen LogP contribution in [0.3, 0.4) is 0 Å². The highest BCUT2D eigenvalue weighted by Crippen LogP contribution is 2.19. The van der Waals surface area contributed by atoms with E-state index in [-0.39, 0.29) is 5.56 Å². The van der Waals surface area contributed by atoms with E-state index in [0.717, 1.165) is 17.8 Å². The Hall–Kier alpha value is -1.75. The smallest absolute Gasteiger partial charge is 0.337 e. The fourth-order valence-corrected chi connectivity index (χ4v) is 2.15. The van der Waals surface area contributed by atoms with Gasteiger partial charge in [-0.3, -0.25) is 4.98 Å². The fourth-order valence-electron chi connectivity index (χ4n) is 1.61. The van der Waals surface area contributed by atoms with Crippen LogP contribution in [0.25, 0.3) is 11.4 Å². The molecule has 5 heteroatoms. The Balaban J connectivity index is 2.45. The molecule has 0 bridgehead atoms. The largest absolute Gasteiger partial charge is 0.478 e. The Bertz CT molecular complexity index is 523. The van der Waals surface area contributed by atoms with E-state index in [1.54, 1.807) is 17.6 Å². The number of aromatic nitrogens is 2. The van der Waals surface area contributed by atoms with Crippen molar-refractivity contribution in [3.63, 3.8) is 0 Å². The zero-order valence-electron chi connectivity index (χ0n) is 9.38. The van der Waals surface area contributed by atoms with Crippen LogP contribution in [0.1, 0.15) is 29.4 Å². The molecule has 0 amide bonds. The van der Waals surface area contributed by atoms with Crippen LogP contribution in [-0.2, 0) is 6.42 Å². The van der Waals surface area contributed by atoms with Gasteiger partial charge in [0, 0.05) is 5.38 Å². The molecule has 0 spiro atoms. The summed E-state index contributed by atoms with van der Waals surface area (Å²) in [7, 11) is 0. The number of carbonyl (C=O) groups is 1. The molecule has 0 atom stereocenters. The van der Waals surface area contributed by atoms with E-state index in [1.165, 1.54) is 11.3 Å². The van der Waals surface area contributed by atoms with Crippen molar-refractivity contribution in [3.05, 3.63) is 34.3 Å². The molecule has 0 saturated carbocycles. The van der Waals surface area contributed by atoms with Crippen LogP contribution in [0, 0.1) is 0 Å². The molecule has 0 saturated heterocycles. The zero-order valence-corrected chi connectivity index (χ0v) is 10.2. The molecule has 2 rings (SSSR count). The van der Waals surface area contributed by atoms with Crippen LogP contribution in [-0.4, -0.2) is 21.0 Å². The third kappa shape index (κ3) is 2.50. The number of carboxylic acid groups (broad SMARTS) is 1. The standard InChI is InChI=1S/C12H12N2O2S/c1-2-3-9-8(12(15)16)4-5-10(14-9)11-6-17-7-13-11/h4-7H,2-3H2,1H3,(H,15,16). The number of pyridine rings is 1. The van der Waals surface area contributed by atoms with Crippen LogP contribution in [0.2, 0.25) is 0 Å². The highest BCUT2D eigenvalue weighted by Gasteiger charge is 2.12. The lowest BCUT2D eigenvalue weighted by atomic mass is 10.1. The Morgan fingerprint density at radius 3 is 2.82 bits per heavy atom. The molecule has 0 aromatic carbocycles. The van der Waals surface area contributed by atoms with E-state index >= 15 is 0 Å². The number of rotatable bonds is 4. The molecule has 0 unspecified atom stereocenters. The number of hydrogen-bond donors (Lipinski definition) is 1. The van der Waals surface area contributed by atoms with Crippen molar-refractivity contribution in [3.8, 4) is 11.4 Å². The van der Waals surface area contributed by atoms with Gasteiger partial charge >= 0.3 is 5.97 Å². The molecule has 0 aliphatic carbocycles. The van der Waals surface area contributed by atoms with Crippen molar-refractivity contribution >= 4 is 17.3 Å². The molecule has 0 fully saturated rings. The first-order valence-corrected chi connectivity index (χ1v) is 6.28. The van der Waals surface area contributed by atoms with Gasteiger partial charge in [0.2, 0.25) is 0 Å². The maximum absolute atomic E-state index is 11.0. The van der Waals surface area contributed by atoms with Crippen LogP contribution in [0.15, 0.2) is 23.0 Å². The lowest BCUT2D eigenvalue weighted by Gasteiger charge is -2.05. The van der Waals surface area contributed by atoms with E-state index in [0.29, 0.717) is 12.1 Å². The van der Waals surface area contributed by atoms with Gasteiger partial charge < -0.3 is 5.11 Å². The third-order valence-corrected chi connectivity index (χ3v) is 2.97. The topological polar surface area (TPSA) is 63.1 Å². The number of aromatic carboxylic acids is 1. The van der Waals surface area contributed by atoms with Crippen molar-refractivity contribution < 1.29 is 9.90 Å².